The minimum Gasteiger partial charge on any atom is -0.418 e. The summed E-state index contributed by atoms with van der Waals surface area (Å²) in [5.41, 5.74) is 0. The molecule has 0 saturated heterocycles. The molecule has 0 saturated carbocycles. The molecule has 0 aliphatic carbocycles. The highest BCUT2D eigenvalue weighted by Crippen LogP contribution is 2.35. The average Bonchev–Trinajstić information content (AvgIpc) is 3.03. The quantitative estimate of drug-likeness (QED) is 0.791. The van der Waals surface area contributed by atoms with E-state index in [9.17, 15) is 0 Å². The standard InChI is InChI=1S/C12H13N3OS2/c1-3-13-7(2)11-14-15-12(16-11)10-6-9-8(18-10)4-5-17-9/h4-7,13H,3H2,1-2H3. The molecule has 3 aromatic heterocycles. The van der Waals surface area contributed by atoms with Crippen LogP contribution in [0.2, 0.25) is 0 Å². The zero-order valence-electron chi connectivity index (χ0n) is 10.1. The molecule has 0 fully saturated rings. The molecule has 0 radical (unpaired) electrons. The van der Waals surface area contributed by atoms with Gasteiger partial charge in [0.05, 0.1) is 10.9 Å². The Morgan fingerprint density at radius 3 is 3.06 bits per heavy atom. The Morgan fingerprint density at radius 2 is 2.28 bits per heavy atom. The van der Waals surface area contributed by atoms with Crippen molar-refractivity contribution < 1.29 is 4.42 Å². The van der Waals surface area contributed by atoms with Crippen molar-refractivity contribution in [2.45, 2.75) is 19.9 Å². The highest BCUT2D eigenvalue weighted by atomic mass is 32.1. The lowest BCUT2D eigenvalue weighted by Crippen LogP contribution is -2.17. The van der Waals surface area contributed by atoms with Crippen molar-refractivity contribution >= 4 is 32.1 Å². The number of thiophene rings is 2. The summed E-state index contributed by atoms with van der Waals surface area (Å²) in [6, 6.07) is 4.32. The summed E-state index contributed by atoms with van der Waals surface area (Å²) >= 11 is 3.42. The Kier molecular flexibility index (Phi) is 3.15. The first kappa shape index (κ1) is 11.8. The average molecular weight is 279 g/mol. The Bertz CT molecular complexity index is 626. The number of aromatic nitrogens is 2. The molecule has 6 heteroatoms. The topological polar surface area (TPSA) is 51.0 Å². The molecule has 18 heavy (non-hydrogen) atoms. The molecule has 0 bridgehead atoms. The van der Waals surface area contributed by atoms with Crippen molar-refractivity contribution in [3.8, 4) is 10.8 Å². The van der Waals surface area contributed by atoms with Crippen molar-refractivity contribution in [3.63, 3.8) is 0 Å². The van der Waals surface area contributed by atoms with Gasteiger partial charge in [-0.15, -0.1) is 32.9 Å². The lowest BCUT2D eigenvalue weighted by Gasteiger charge is -2.05. The zero-order chi connectivity index (χ0) is 12.5. The van der Waals surface area contributed by atoms with Crippen LogP contribution in [0.15, 0.2) is 21.9 Å². The van der Waals surface area contributed by atoms with Gasteiger partial charge in [0.25, 0.3) is 5.89 Å². The second kappa shape index (κ2) is 4.79. The van der Waals surface area contributed by atoms with Crippen LogP contribution in [0.4, 0.5) is 0 Å². The molecular formula is C12H13N3OS2. The molecule has 0 amide bonds. The van der Waals surface area contributed by atoms with Crippen LogP contribution in [-0.2, 0) is 0 Å². The van der Waals surface area contributed by atoms with Crippen LogP contribution in [-0.4, -0.2) is 16.7 Å². The van der Waals surface area contributed by atoms with Gasteiger partial charge in [-0.3, -0.25) is 0 Å². The maximum Gasteiger partial charge on any atom is 0.257 e. The maximum absolute atomic E-state index is 5.71. The molecule has 0 aliphatic rings. The van der Waals surface area contributed by atoms with Gasteiger partial charge in [-0.25, -0.2) is 0 Å². The number of nitrogens with zero attached hydrogens (tertiary/aromatic N) is 2. The number of hydrogen-bond donors (Lipinski definition) is 1. The normalized spacial score (nSPS) is 13.2. The Hall–Kier alpha value is -1.24. The minimum atomic E-state index is 0.0947. The monoisotopic (exact) mass is 279 g/mol. The molecule has 0 spiro atoms. The molecule has 3 aromatic rings. The first-order valence-electron chi connectivity index (χ1n) is 5.82. The lowest BCUT2D eigenvalue weighted by molar-refractivity contribution is 0.429. The number of fused-ring (bicyclic) bond motifs is 1. The first-order chi connectivity index (χ1) is 8.78. The van der Waals surface area contributed by atoms with E-state index < -0.39 is 0 Å². The molecule has 94 valence electrons. The van der Waals surface area contributed by atoms with Crippen LogP contribution in [0.5, 0.6) is 0 Å². The molecular weight excluding hydrogens is 266 g/mol. The Morgan fingerprint density at radius 1 is 1.39 bits per heavy atom. The fourth-order valence-corrected chi connectivity index (χ4v) is 3.80. The molecule has 1 unspecified atom stereocenters. The summed E-state index contributed by atoms with van der Waals surface area (Å²) in [5.74, 6) is 1.26. The van der Waals surface area contributed by atoms with Crippen molar-refractivity contribution in [1.82, 2.24) is 15.5 Å². The van der Waals surface area contributed by atoms with Gasteiger partial charge in [0.1, 0.15) is 0 Å². The SMILES string of the molecule is CCNC(C)c1nnc(-c2cc3sccc3s2)o1. The van der Waals surface area contributed by atoms with Gasteiger partial charge in [0.15, 0.2) is 0 Å². The molecule has 4 nitrogen and oxygen atoms in total. The van der Waals surface area contributed by atoms with E-state index >= 15 is 0 Å². The zero-order valence-corrected chi connectivity index (χ0v) is 11.8. The van der Waals surface area contributed by atoms with Gasteiger partial charge in [0, 0.05) is 9.40 Å². The lowest BCUT2D eigenvalue weighted by atomic mass is 10.3. The summed E-state index contributed by atoms with van der Waals surface area (Å²) < 4.78 is 8.26. The van der Waals surface area contributed by atoms with Gasteiger partial charge in [-0.1, -0.05) is 6.92 Å². The largest absolute Gasteiger partial charge is 0.418 e. The number of nitrogens with one attached hydrogen (secondary N) is 1. The number of hydrogen-bond acceptors (Lipinski definition) is 6. The summed E-state index contributed by atoms with van der Waals surface area (Å²) in [7, 11) is 0. The van der Waals surface area contributed by atoms with Gasteiger partial charge >= 0.3 is 0 Å². The highest BCUT2D eigenvalue weighted by molar-refractivity contribution is 7.28. The molecule has 0 aliphatic heterocycles. The first-order valence-corrected chi connectivity index (χ1v) is 7.51. The van der Waals surface area contributed by atoms with Crippen LogP contribution in [0.1, 0.15) is 25.8 Å². The van der Waals surface area contributed by atoms with E-state index in [4.69, 9.17) is 4.42 Å². The van der Waals surface area contributed by atoms with Gasteiger partial charge in [-0.05, 0) is 31.0 Å². The van der Waals surface area contributed by atoms with Crippen molar-refractivity contribution in [1.29, 1.82) is 0 Å². The maximum atomic E-state index is 5.71. The Balaban J connectivity index is 1.90. The van der Waals surface area contributed by atoms with Crippen molar-refractivity contribution in [3.05, 3.63) is 23.4 Å². The van der Waals surface area contributed by atoms with E-state index in [0.29, 0.717) is 11.8 Å². The van der Waals surface area contributed by atoms with Crippen molar-refractivity contribution in [2.24, 2.45) is 0 Å². The summed E-state index contributed by atoms with van der Waals surface area (Å²) in [4.78, 5) is 1.04. The second-order valence-electron chi connectivity index (χ2n) is 3.98. The van der Waals surface area contributed by atoms with E-state index in [1.807, 2.05) is 6.92 Å². The van der Waals surface area contributed by atoms with Crippen LogP contribution < -0.4 is 5.32 Å². The summed E-state index contributed by atoms with van der Waals surface area (Å²) in [6.45, 7) is 4.96. The summed E-state index contributed by atoms with van der Waals surface area (Å²) in [6.07, 6.45) is 0. The van der Waals surface area contributed by atoms with Crippen LogP contribution >= 0.6 is 22.7 Å². The third-order valence-electron chi connectivity index (χ3n) is 2.67. The third-order valence-corrected chi connectivity index (χ3v) is 4.75. The molecule has 1 N–H and O–H groups in total. The van der Waals surface area contributed by atoms with Gasteiger partial charge in [0.2, 0.25) is 5.89 Å². The number of rotatable bonds is 4. The van der Waals surface area contributed by atoms with E-state index in [1.54, 1.807) is 22.7 Å². The fraction of sp³-hybridized carbons (Fsp3) is 0.333. The van der Waals surface area contributed by atoms with Crippen LogP contribution in [0.25, 0.3) is 20.2 Å². The summed E-state index contributed by atoms with van der Waals surface area (Å²) in [5, 5.41) is 13.6. The van der Waals surface area contributed by atoms with E-state index in [1.165, 1.54) is 9.40 Å². The van der Waals surface area contributed by atoms with Gasteiger partial charge < -0.3 is 9.73 Å². The predicted octanol–water partition coefficient (Wildman–Crippen LogP) is 3.68. The molecule has 0 aromatic carbocycles. The highest BCUT2D eigenvalue weighted by Gasteiger charge is 2.15. The third kappa shape index (κ3) is 2.07. The smallest absolute Gasteiger partial charge is 0.257 e. The van der Waals surface area contributed by atoms with Crippen molar-refractivity contribution in [2.75, 3.05) is 6.54 Å². The second-order valence-corrected chi connectivity index (χ2v) is 6.02. The van der Waals surface area contributed by atoms with Gasteiger partial charge in [-0.2, -0.15) is 0 Å². The van der Waals surface area contributed by atoms with E-state index in [2.05, 4.69) is 40.0 Å². The predicted molar refractivity (Wildman–Crippen MR) is 75.1 cm³/mol. The minimum absolute atomic E-state index is 0.0947. The van der Waals surface area contributed by atoms with Crippen LogP contribution in [0.3, 0.4) is 0 Å². The molecule has 3 heterocycles. The molecule has 3 rings (SSSR count). The molecule has 1 atom stereocenters. The fourth-order valence-electron chi connectivity index (χ4n) is 1.77. The van der Waals surface area contributed by atoms with Crippen LogP contribution in [0, 0.1) is 0 Å². The van der Waals surface area contributed by atoms with E-state index in [0.717, 1.165) is 11.4 Å². The Labute approximate surface area is 113 Å². The van der Waals surface area contributed by atoms with E-state index in [-0.39, 0.29) is 6.04 Å².